The number of rotatable bonds is 1. The first kappa shape index (κ1) is 18.3. The summed E-state index contributed by atoms with van der Waals surface area (Å²) in [6.07, 6.45) is -0.124. The van der Waals surface area contributed by atoms with Crippen LogP contribution in [-0.2, 0) is 11.2 Å². The Kier molecular flexibility index (Phi) is 4.67. The van der Waals surface area contributed by atoms with Crippen molar-refractivity contribution in [2.75, 3.05) is 6.54 Å². The van der Waals surface area contributed by atoms with Crippen LogP contribution < -0.4 is 0 Å². The molecule has 3 rings (SSSR count). The first-order valence-electron chi connectivity index (χ1n) is 8.17. The van der Waals surface area contributed by atoms with Crippen LogP contribution >= 0.6 is 15.9 Å². The van der Waals surface area contributed by atoms with Gasteiger partial charge in [-0.1, -0.05) is 15.9 Å². The Bertz CT molecular complexity index is 878. The number of hydrogen-bond donors (Lipinski definition) is 1. The standard InChI is InChI=1S/C18H19BrN4O3/c1-18(2,3)26-17(25)22-9-8-13-15(14(22)10-20)16(24)21-23(13)12-6-4-11(19)5-7-12/h4-7,14H,8-9H2,1-3H3,(H,21,24). The fourth-order valence-electron chi connectivity index (χ4n) is 2.93. The normalized spacial score (nSPS) is 16.7. The van der Waals surface area contributed by atoms with Gasteiger partial charge in [0.1, 0.15) is 5.60 Å². The van der Waals surface area contributed by atoms with E-state index in [2.05, 4.69) is 27.1 Å². The zero-order valence-electron chi connectivity index (χ0n) is 14.7. The highest BCUT2D eigenvalue weighted by molar-refractivity contribution is 9.10. The molecule has 0 saturated heterocycles. The number of benzene rings is 1. The Labute approximate surface area is 159 Å². The third-order valence-corrected chi connectivity index (χ3v) is 4.53. The van der Waals surface area contributed by atoms with Gasteiger partial charge in [0.15, 0.2) is 6.04 Å². The van der Waals surface area contributed by atoms with Gasteiger partial charge in [-0.25, -0.2) is 9.48 Å². The average molecular weight is 419 g/mol. The highest BCUT2D eigenvalue weighted by Crippen LogP contribution is 2.37. The molecule has 1 aromatic heterocycles. The van der Waals surface area contributed by atoms with Crippen LogP contribution in [0.5, 0.6) is 5.88 Å². The number of hydrogen-bond acceptors (Lipinski definition) is 5. The number of carbonyl (C=O) groups excluding carboxylic acids is 1. The minimum atomic E-state index is -0.946. The molecule has 2 aromatic rings. The van der Waals surface area contributed by atoms with E-state index in [1.165, 1.54) is 4.90 Å². The van der Waals surface area contributed by atoms with Gasteiger partial charge >= 0.3 is 6.09 Å². The number of nitriles is 1. The molecule has 1 aliphatic rings. The van der Waals surface area contributed by atoms with Gasteiger partial charge in [-0.3, -0.25) is 4.90 Å². The number of ether oxygens (including phenoxy) is 1. The summed E-state index contributed by atoms with van der Waals surface area (Å²) in [6, 6.07) is 8.61. The van der Waals surface area contributed by atoms with E-state index in [-0.39, 0.29) is 5.88 Å². The van der Waals surface area contributed by atoms with E-state index in [1.54, 1.807) is 25.5 Å². The largest absolute Gasteiger partial charge is 0.492 e. The molecule has 0 radical (unpaired) electrons. The zero-order valence-corrected chi connectivity index (χ0v) is 16.3. The van der Waals surface area contributed by atoms with Crippen molar-refractivity contribution in [3.63, 3.8) is 0 Å². The molecule has 26 heavy (non-hydrogen) atoms. The van der Waals surface area contributed by atoms with Crippen molar-refractivity contribution < 1.29 is 14.6 Å². The molecule has 7 nitrogen and oxygen atoms in total. The molecule has 0 fully saturated rings. The zero-order chi connectivity index (χ0) is 19.1. The fourth-order valence-corrected chi connectivity index (χ4v) is 3.20. The van der Waals surface area contributed by atoms with Gasteiger partial charge in [0, 0.05) is 17.4 Å². The van der Waals surface area contributed by atoms with Gasteiger partial charge in [0.2, 0.25) is 5.88 Å². The van der Waals surface area contributed by atoms with E-state index in [9.17, 15) is 15.2 Å². The van der Waals surface area contributed by atoms with Gasteiger partial charge in [-0.2, -0.15) is 5.26 Å². The average Bonchev–Trinajstić information content (AvgIpc) is 2.90. The summed E-state index contributed by atoms with van der Waals surface area (Å²) < 4.78 is 7.94. The van der Waals surface area contributed by atoms with Crippen LogP contribution in [-0.4, -0.2) is 38.0 Å². The first-order chi connectivity index (χ1) is 12.2. The highest BCUT2D eigenvalue weighted by Gasteiger charge is 2.38. The van der Waals surface area contributed by atoms with Crippen LogP contribution in [0.4, 0.5) is 4.79 Å². The fraction of sp³-hybridized carbons (Fsp3) is 0.389. The first-order valence-corrected chi connectivity index (χ1v) is 8.96. The van der Waals surface area contributed by atoms with E-state index in [0.29, 0.717) is 18.5 Å². The van der Waals surface area contributed by atoms with Crippen LogP contribution in [0.25, 0.3) is 5.69 Å². The van der Waals surface area contributed by atoms with E-state index in [4.69, 9.17) is 4.74 Å². The summed E-state index contributed by atoms with van der Waals surface area (Å²) in [5.41, 5.74) is 1.18. The lowest BCUT2D eigenvalue weighted by molar-refractivity contribution is 0.0188. The van der Waals surface area contributed by atoms with Crippen molar-refractivity contribution in [1.82, 2.24) is 14.7 Å². The number of halogens is 1. The third kappa shape index (κ3) is 3.40. The SMILES string of the molecule is CC(C)(C)OC(=O)N1CCc2c(c(O)nn2-c2ccc(Br)cc2)C1C#N. The molecule has 136 valence electrons. The van der Waals surface area contributed by atoms with Crippen LogP contribution in [0.3, 0.4) is 0 Å². The Morgan fingerprint density at radius 2 is 2.04 bits per heavy atom. The van der Waals surface area contributed by atoms with Crippen molar-refractivity contribution in [2.45, 2.75) is 38.8 Å². The minimum Gasteiger partial charge on any atom is -0.492 e. The maximum absolute atomic E-state index is 12.5. The Hall–Kier alpha value is -2.53. The molecule has 1 unspecified atom stereocenters. The lowest BCUT2D eigenvalue weighted by atomic mass is 9.99. The summed E-state index contributed by atoms with van der Waals surface area (Å²) in [5, 5.41) is 24.2. The number of aromatic nitrogens is 2. The Morgan fingerprint density at radius 1 is 1.38 bits per heavy atom. The molecule has 2 heterocycles. The lowest BCUT2D eigenvalue weighted by Gasteiger charge is -2.33. The van der Waals surface area contributed by atoms with Crippen molar-refractivity contribution in [3.8, 4) is 17.6 Å². The van der Waals surface area contributed by atoms with Gasteiger partial charge in [-0.05, 0) is 45.0 Å². The van der Waals surface area contributed by atoms with Crippen LogP contribution in [0.15, 0.2) is 28.7 Å². The van der Waals surface area contributed by atoms with E-state index < -0.39 is 17.7 Å². The summed E-state index contributed by atoms with van der Waals surface area (Å²) in [4.78, 5) is 13.8. The molecule has 1 aromatic carbocycles. The van der Waals surface area contributed by atoms with Gasteiger partial charge < -0.3 is 9.84 Å². The predicted octanol–water partition coefficient (Wildman–Crippen LogP) is 3.70. The maximum Gasteiger partial charge on any atom is 0.411 e. The summed E-state index contributed by atoms with van der Waals surface area (Å²) in [7, 11) is 0. The summed E-state index contributed by atoms with van der Waals surface area (Å²) in [6.45, 7) is 5.61. The highest BCUT2D eigenvalue weighted by atomic mass is 79.9. The number of fused-ring (bicyclic) bond motifs is 1. The molecular formula is C18H19BrN4O3. The third-order valence-electron chi connectivity index (χ3n) is 4.00. The van der Waals surface area contributed by atoms with Gasteiger partial charge in [0.25, 0.3) is 0 Å². The molecule has 0 bridgehead atoms. The van der Waals surface area contributed by atoms with Crippen molar-refractivity contribution in [1.29, 1.82) is 5.26 Å². The predicted molar refractivity (Wildman–Crippen MR) is 97.9 cm³/mol. The summed E-state index contributed by atoms with van der Waals surface area (Å²) >= 11 is 3.39. The minimum absolute atomic E-state index is 0.247. The molecule has 1 atom stereocenters. The maximum atomic E-state index is 12.5. The van der Waals surface area contributed by atoms with Crippen molar-refractivity contribution in [3.05, 3.63) is 40.0 Å². The Morgan fingerprint density at radius 3 is 2.62 bits per heavy atom. The molecule has 1 aliphatic heterocycles. The van der Waals surface area contributed by atoms with Gasteiger partial charge in [-0.15, -0.1) is 5.10 Å². The number of carbonyl (C=O) groups is 1. The molecule has 0 saturated carbocycles. The molecule has 1 amide bonds. The topological polar surface area (TPSA) is 91.4 Å². The van der Waals surface area contributed by atoms with E-state index >= 15 is 0 Å². The second kappa shape index (κ2) is 6.65. The Balaban J connectivity index is 1.99. The molecule has 1 N–H and O–H groups in total. The second-order valence-electron chi connectivity index (χ2n) is 7.03. The number of amides is 1. The second-order valence-corrected chi connectivity index (χ2v) is 7.94. The number of aromatic hydroxyl groups is 1. The van der Waals surface area contributed by atoms with E-state index in [0.717, 1.165) is 15.9 Å². The van der Waals surface area contributed by atoms with Crippen LogP contribution in [0, 0.1) is 11.3 Å². The monoisotopic (exact) mass is 418 g/mol. The molecule has 0 spiro atoms. The number of nitrogens with zero attached hydrogens (tertiary/aromatic N) is 4. The van der Waals surface area contributed by atoms with Crippen LogP contribution in [0.1, 0.15) is 38.1 Å². The quantitative estimate of drug-likeness (QED) is 0.761. The van der Waals surface area contributed by atoms with Crippen molar-refractivity contribution >= 4 is 22.0 Å². The van der Waals surface area contributed by atoms with Crippen LogP contribution in [0.2, 0.25) is 0 Å². The van der Waals surface area contributed by atoms with E-state index in [1.807, 2.05) is 24.3 Å². The molecular weight excluding hydrogens is 400 g/mol. The smallest absolute Gasteiger partial charge is 0.411 e. The molecule has 0 aliphatic carbocycles. The summed E-state index contributed by atoms with van der Waals surface area (Å²) in [5.74, 6) is -0.247. The van der Waals surface area contributed by atoms with Gasteiger partial charge in [0.05, 0.1) is 23.0 Å². The lowest BCUT2D eigenvalue weighted by Crippen LogP contribution is -2.42. The molecule has 8 heteroatoms. The van der Waals surface area contributed by atoms with Crippen molar-refractivity contribution in [2.24, 2.45) is 0 Å².